The van der Waals surface area contributed by atoms with Gasteiger partial charge >= 0.3 is 8.56 Å². The van der Waals surface area contributed by atoms with Gasteiger partial charge in [0.05, 0.1) is 0 Å². The Morgan fingerprint density at radius 1 is 0.609 bits per heavy atom. The van der Waals surface area contributed by atoms with Gasteiger partial charge in [0, 0.05) is 24.3 Å². The van der Waals surface area contributed by atoms with Crippen molar-refractivity contribution in [3.63, 3.8) is 0 Å². The smallest absolute Gasteiger partial charge is 0.344 e. The van der Waals surface area contributed by atoms with Crippen LogP contribution in [0.3, 0.4) is 0 Å². The molecule has 0 unspecified atom stereocenters. The quantitative estimate of drug-likeness (QED) is 0.360. The molecule has 0 aliphatic heterocycles. The molecule has 0 saturated heterocycles. The van der Waals surface area contributed by atoms with Crippen LogP contribution >= 0.6 is 0 Å². The van der Waals surface area contributed by atoms with Crippen molar-refractivity contribution >= 4 is 8.56 Å². The van der Waals surface area contributed by atoms with E-state index in [1.165, 1.54) is 77.0 Å². The fraction of sp³-hybridized carbons (Fsp3) is 1.00. The van der Waals surface area contributed by atoms with Gasteiger partial charge in [-0.2, -0.15) is 0 Å². The molecule has 2 aliphatic rings. The van der Waals surface area contributed by atoms with Gasteiger partial charge in [-0.25, -0.2) is 0 Å². The summed E-state index contributed by atoms with van der Waals surface area (Å²) in [4.78, 5) is 0. The van der Waals surface area contributed by atoms with Crippen LogP contribution < -0.4 is 0 Å². The molecule has 0 N–H and O–H groups in total. The van der Waals surface area contributed by atoms with E-state index in [2.05, 4.69) is 13.8 Å². The summed E-state index contributed by atoms with van der Waals surface area (Å²) in [5.41, 5.74) is 1.51. The summed E-state index contributed by atoms with van der Waals surface area (Å²) in [5.74, 6) is 0. The maximum Gasteiger partial charge on any atom is 0.344 e. The molecule has 0 aromatic carbocycles. The highest BCUT2D eigenvalue weighted by Crippen LogP contribution is 2.48. The Morgan fingerprint density at radius 2 is 0.957 bits per heavy atom. The lowest BCUT2D eigenvalue weighted by Gasteiger charge is -2.42. The molecule has 3 heteroatoms. The molecule has 2 fully saturated rings. The van der Waals surface area contributed by atoms with Gasteiger partial charge in [0.25, 0.3) is 0 Å². The van der Waals surface area contributed by atoms with Crippen molar-refractivity contribution in [2.24, 2.45) is 0 Å². The van der Waals surface area contributed by atoms with Crippen molar-refractivity contribution in [1.29, 1.82) is 0 Å². The summed E-state index contributed by atoms with van der Waals surface area (Å²) in [6, 6.07) is 0. The minimum Gasteiger partial charge on any atom is -0.394 e. The van der Waals surface area contributed by atoms with Gasteiger partial charge in [-0.3, -0.25) is 0 Å². The number of hydrogen-bond acceptors (Lipinski definition) is 2. The van der Waals surface area contributed by atoms with Crippen molar-refractivity contribution in [2.75, 3.05) is 13.2 Å². The third-order valence-corrected chi connectivity index (χ3v) is 10.7. The van der Waals surface area contributed by atoms with Gasteiger partial charge in [0.2, 0.25) is 0 Å². The Balaban J connectivity index is 2.22. The molecule has 23 heavy (non-hydrogen) atoms. The maximum absolute atomic E-state index is 6.79. The molecule has 0 spiro atoms. The van der Waals surface area contributed by atoms with Gasteiger partial charge in [-0.1, -0.05) is 65.2 Å². The molecule has 2 nitrogen and oxygen atoms in total. The topological polar surface area (TPSA) is 18.5 Å². The first-order valence-electron chi connectivity index (χ1n) is 10.6. The molecular weight excluding hydrogens is 300 g/mol. The Labute approximate surface area is 146 Å². The first-order valence-corrected chi connectivity index (χ1v) is 12.6. The van der Waals surface area contributed by atoms with E-state index in [4.69, 9.17) is 8.85 Å². The Morgan fingerprint density at radius 3 is 1.26 bits per heavy atom. The summed E-state index contributed by atoms with van der Waals surface area (Å²) in [5, 5.41) is 0. The maximum atomic E-state index is 6.79. The van der Waals surface area contributed by atoms with Crippen LogP contribution in [-0.4, -0.2) is 21.8 Å². The van der Waals surface area contributed by atoms with E-state index < -0.39 is 8.56 Å². The number of rotatable bonds is 8. The van der Waals surface area contributed by atoms with E-state index >= 15 is 0 Å². The van der Waals surface area contributed by atoms with Crippen LogP contribution in [0.2, 0.25) is 11.1 Å². The van der Waals surface area contributed by atoms with Crippen LogP contribution in [0.15, 0.2) is 0 Å². The molecule has 0 aromatic rings. The van der Waals surface area contributed by atoms with Crippen molar-refractivity contribution < 1.29 is 8.85 Å². The molecular formula is C20H40O2Si. The first-order chi connectivity index (χ1) is 11.3. The van der Waals surface area contributed by atoms with Crippen LogP contribution in [0, 0.1) is 0 Å². The average molecular weight is 341 g/mol. The summed E-state index contributed by atoms with van der Waals surface area (Å²) >= 11 is 0. The van der Waals surface area contributed by atoms with E-state index in [0.717, 1.165) is 37.1 Å². The Hall–Kier alpha value is 0.137. The third kappa shape index (κ3) is 5.57. The standard InChI is InChI=1S/C20H40O2Si/c1-3-17-21-23(22-18-4-2,19-13-9-5-6-10-14-19)20-15-11-7-8-12-16-20/h19-20H,3-18H2,1-2H3. The van der Waals surface area contributed by atoms with Crippen LogP contribution in [0.25, 0.3) is 0 Å². The SMILES string of the molecule is CCCO[Si](OCCC)(C1CCCCCC1)C1CCCCCC1. The second kappa shape index (κ2) is 10.9. The second-order valence-corrected chi connectivity index (χ2v) is 11.4. The van der Waals surface area contributed by atoms with Gasteiger partial charge < -0.3 is 8.85 Å². The third-order valence-electron chi connectivity index (χ3n) is 5.91. The van der Waals surface area contributed by atoms with E-state index in [1.54, 1.807) is 0 Å². The zero-order chi connectivity index (χ0) is 16.4. The van der Waals surface area contributed by atoms with Crippen LogP contribution in [0.1, 0.15) is 104 Å². The lowest BCUT2D eigenvalue weighted by atomic mass is 10.2. The van der Waals surface area contributed by atoms with Crippen LogP contribution in [0.5, 0.6) is 0 Å². The predicted molar refractivity (Wildman–Crippen MR) is 101 cm³/mol. The average Bonchev–Trinajstić information content (AvgIpc) is 3.01. The van der Waals surface area contributed by atoms with Crippen LogP contribution in [-0.2, 0) is 8.85 Å². The minimum atomic E-state index is -2.10. The molecule has 2 saturated carbocycles. The van der Waals surface area contributed by atoms with Crippen molar-refractivity contribution in [3.8, 4) is 0 Å². The van der Waals surface area contributed by atoms with Gasteiger partial charge in [0.15, 0.2) is 0 Å². The lowest BCUT2D eigenvalue weighted by Crippen LogP contribution is -2.51. The molecule has 0 atom stereocenters. The molecule has 2 rings (SSSR count). The largest absolute Gasteiger partial charge is 0.394 e. The monoisotopic (exact) mass is 340 g/mol. The van der Waals surface area contributed by atoms with Gasteiger partial charge in [-0.05, 0) is 38.5 Å². The molecule has 0 bridgehead atoms. The van der Waals surface area contributed by atoms with Crippen molar-refractivity contribution in [1.82, 2.24) is 0 Å². The highest BCUT2D eigenvalue weighted by Gasteiger charge is 2.51. The van der Waals surface area contributed by atoms with E-state index in [-0.39, 0.29) is 0 Å². The minimum absolute atomic E-state index is 0.756. The highest BCUT2D eigenvalue weighted by molar-refractivity contribution is 6.70. The zero-order valence-corrected chi connectivity index (χ0v) is 16.8. The Kier molecular flexibility index (Phi) is 9.21. The highest BCUT2D eigenvalue weighted by atomic mass is 28.4. The fourth-order valence-electron chi connectivity index (χ4n) is 4.73. The molecule has 136 valence electrons. The molecule has 0 radical (unpaired) electrons. The van der Waals surface area contributed by atoms with Gasteiger partial charge in [-0.15, -0.1) is 0 Å². The summed E-state index contributed by atoms with van der Waals surface area (Å²) < 4.78 is 13.6. The van der Waals surface area contributed by atoms with E-state index in [1.807, 2.05) is 0 Å². The van der Waals surface area contributed by atoms with Crippen LogP contribution in [0.4, 0.5) is 0 Å². The second-order valence-electron chi connectivity index (χ2n) is 7.80. The molecule has 0 aromatic heterocycles. The van der Waals surface area contributed by atoms with E-state index in [0.29, 0.717) is 0 Å². The zero-order valence-electron chi connectivity index (χ0n) is 15.8. The van der Waals surface area contributed by atoms with Gasteiger partial charge in [0.1, 0.15) is 0 Å². The fourth-order valence-corrected chi connectivity index (χ4v) is 9.90. The van der Waals surface area contributed by atoms with Crippen molar-refractivity contribution in [3.05, 3.63) is 0 Å². The summed E-state index contributed by atoms with van der Waals surface area (Å²) in [6.45, 7) is 6.34. The molecule has 0 heterocycles. The lowest BCUT2D eigenvalue weighted by molar-refractivity contribution is 0.141. The van der Waals surface area contributed by atoms with Crippen molar-refractivity contribution in [2.45, 2.75) is 115 Å². The Bertz CT molecular complexity index is 262. The first kappa shape index (κ1) is 19.5. The predicted octanol–water partition coefficient (Wildman–Crippen LogP) is 6.73. The summed E-state index contributed by atoms with van der Waals surface area (Å²) in [7, 11) is -2.10. The number of hydrogen-bond donors (Lipinski definition) is 0. The molecule has 0 amide bonds. The molecule has 2 aliphatic carbocycles. The summed E-state index contributed by atoms with van der Waals surface area (Å²) in [6.07, 6.45) is 19.0. The normalized spacial score (nSPS) is 22.7. The van der Waals surface area contributed by atoms with E-state index in [9.17, 15) is 0 Å².